The van der Waals surface area contributed by atoms with E-state index in [4.69, 9.17) is 39.9 Å². The van der Waals surface area contributed by atoms with Crippen molar-refractivity contribution in [1.82, 2.24) is 39.9 Å². The Labute approximate surface area is 261 Å². The third kappa shape index (κ3) is 3.90. The Morgan fingerprint density at radius 2 is 0.571 bits per heavy atom. The van der Waals surface area contributed by atoms with Crippen LogP contribution in [0.15, 0.2) is 97.1 Å². The first-order valence-corrected chi connectivity index (χ1v) is 12.9. The normalized spacial score (nSPS) is 11.4. The fourth-order valence-corrected chi connectivity index (χ4v) is 5.46. The zero-order valence-electron chi connectivity index (χ0n) is 22.1. The molecule has 7 aromatic rings. The molecule has 0 fully saturated rings. The zero-order valence-corrected chi connectivity index (χ0v) is 23.2. The summed E-state index contributed by atoms with van der Waals surface area (Å²) in [6.07, 6.45) is 0. The molecular formula is C32H16CoLiN8-. The van der Waals surface area contributed by atoms with E-state index in [2.05, 4.69) is 0 Å². The maximum Gasteiger partial charge on any atom is 1.00 e. The van der Waals surface area contributed by atoms with Crippen molar-refractivity contribution < 1.29 is 35.6 Å². The molecule has 5 heterocycles. The fourth-order valence-electron chi connectivity index (χ4n) is 5.46. The van der Waals surface area contributed by atoms with Gasteiger partial charge in [-0.05, 0) is 21.5 Å². The topological polar surface area (TPSA) is 106 Å². The Hall–Kier alpha value is -4.66. The molecule has 8 nitrogen and oxygen atoms in total. The summed E-state index contributed by atoms with van der Waals surface area (Å²) in [5.74, 6) is 2.21. The molecule has 0 amide bonds. The van der Waals surface area contributed by atoms with Gasteiger partial charge in [0.15, 0.2) is 0 Å². The number of hydrogen-bond acceptors (Lipinski definition) is 6. The second-order valence-electron chi connectivity index (χ2n) is 9.67. The van der Waals surface area contributed by atoms with E-state index >= 15 is 0 Å². The Bertz CT molecular complexity index is 2040. The van der Waals surface area contributed by atoms with Crippen LogP contribution in [0.5, 0.6) is 0 Å². The van der Waals surface area contributed by atoms with Gasteiger partial charge in [-0.2, -0.15) is 0 Å². The molecule has 0 unspecified atom stereocenters. The maximum absolute atomic E-state index is 4.95. The van der Waals surface area contributed by atoms with Crippen molar-refractivity contribution in [2.24, 2.45) is 0 Å². The minimum absolute atomic E-state index is 0. The molecule has 0 saturated carbocycles. The molecule has 42 heavy (non-hydrogen) atoms. The predicted octanol–water partition coefficient (Wildman–Crippen LogP) is 3.13. The molecule has 2 aliphatic rings. The van der Waals surface area contributed by atoms with Gasteiger partial charge >= 0.3 is 18.9 Å². The van der Waals surface area contributed by atoms with Crippen LogP contribution in [-0.4, -0.2) is 29.9 Å². The van der Waals surface area contributed by atoms with Gasteiger partial charge in [0.05, 0.1) is 23.3 Å². The molecule has 9 rings (SSSR count). The second kappa shape index (κ2) is 10.0. The van der Waals surface area contributed by atoms with Gasteiger partial charge < -0.3 is 29.9 Å². The van der Waals surface area contributed by atoms with Crippen LogP contribution in [0, 0.1) is 0 Å². The number of aromatic nitrogens is 8. The maximum atomic E-state index is 4.95. The summed E-state index contributed by atoms with van der Waals surface area (Å²) in [5.41, 5.74) is 5.78. The van der Waals surface area contributed by atoms with Gasteiger partial charge in [0, 0.05) is 61.6 Å². The van der Waals surface area contributed by atoms with Crippen LogP contribution in [-0.2, 0) is 16.8 Å². The molecular weight excluding hydrogens is 562 g/mol. The number of rotatable bonds is 0. The number of hydrogen-bond donors (Lipinski definition) is 0. The average molecular weight is 578 g/mol. The quantitative estimate of drug-likeness (QED) is 0.253. The molecule has 0 N–H and O–H groups in total. The van der Waals surface area contributed by atoms with E-state index in [0.29, 0.717) is 45.9 Å². The van der Waals surface area contributed by atoms with Gasteiger partial charge in [0.2, 0.25) is 0 Å². The molecule has 4 aromatic carbocycles. The Kier molecular flexibility index (Phi) is 6.26. The van der Waals surface area contributed by atoms with Crippen LogP contribution in [0.25, 0.3) is 89.7 Å². The third-order valence-electron chi connectivity index (χ3n) is 7.33. The third-order valence-corrected chi connectivity index (χ3v) is 7.33. The van der Waals surface area contributed by atoms with Crippen LogP contribution in [0.4, 0.5) is 0 Å². The summed E-state index contributed by atoms with van der Waals surface area (Å²) >= 11 is 0. The van der Waals surface area contributed by atoms with Crippen molar-refractivity contribution in [2.75, 3.05) is 0 Å². The molecule has 1 radical (unpaired) electrons. The van der Waals surface area contributed by atoms with Crippen LogP contribution in [0.3, 0.4) is 0 Å². The Morgan fingerprint density at radius 3 is 0.833 bits per heavy atom. The van der Waals surface area contributed by atoms with Crippen molar-refractivity contribution in [2.45, 2.75) is 0 Å². The van der Waals surface area contributed by atoms with Crippen LogP contribution in [0.2, 0.25) is 0 Å². The minimum Gasteiger partial charge on any atom is -0.357 e. The SMILES string of the molecule is [Co].[Li+].c1ccc2c(c1)-c1nc-2nc2[n-]c(nc3nc(nc4[n-]c(n1)c1ccccc41)-c1ccccc1-3)c1ccccc21. The van der Waals surface area contributed by atoms with Gasteiger partial charge in [-0.1, -0.05) is 97.1 Å². The number of benzene rings is 4. The van der Waals surface area contributed by atoms with Crippen molar-refractivity contribution in [3.8, 4) is 45.6 Å². The molecule has 0 spiro atoms. The molecule has 10 heteroatoms. The second-order valence-corrected chi connectivity index (χ2v) is 9.67. The summed E-state index contributed by atoms with van der Waals surface area (Å²) in [6.45, 7) is 0. The van der Waals surface area contributed by atoms with Crippen LogP contribution >= 0.6 is 0 Å². The summed E-state index contributed by atoms with van der Waals surface area (Å²) in [6, 6.07) is 31.8. The summed E-state index contributed by atoms with van der Waals surface area (Å²) in [4.78, 5) is 39.3. The van der Waals surface area contributed by atoms with Gasteiger partial charge in [-0.25, -0.2) is 9.97 Å². The van der Waals surface area contributed by atoms with E-state index in [9.17, 15) is 0 Å². The molecule has 0 atom stereocenters. The van der Waals surface area contributed by atoms with Crippen LogP contribution < -0.4 is 28.8 Å². The van der Waals surface area contributed by atoms with Crippen molar-refractivity contribution in [3.63, 3.8) is 0 Å². The molecule has 0 saturated heterocycles. The van der Waals surface area contributed by atoms with E-state index in [0.717, 1.165) is 43.8 Å². The van der Waals surface area contributed by atoms with Gasteiger partial charge in [0.1, 0.15) is 0 Å². The van der Waals surface area contributed by atoms with E-state index in [-0.39, 0.29) is 35.6 Å². The van der Waals surface area contributed by atoms with Crippen molar-refractivity contribution in [3.05, 3.63) is 97.1 Å². The Balaban J connectivity index is 0.00000144. The van der Waals surface area contributed by atoms with E-state index < -0.39 is 0 Å². The minimum atomic E-state index is 0. The zero-order chi connectivity index (χ0) is 26.2. The summed E-state index contributed by atoms with van der Waals surface area (Å²) in [7, 11) is 0. The smallest absolute Gasteiger partial charge is 0.357 e. The van der Waals surface area contributed by atoms with Crippen molar-refractivity contribution in [1.29, 1.82) is 0 Å². The Morgan fingerprint density at radius 1 is 0.333 bits per heavy atom. The van der Waals surface area contributed by atoms with Gasteiger partial charge in [-0.3, -0.25) is 0 Å². The largest absolute Gasteiger partial charge is 1.00 e. The standard InChI is InChI=1S/C32H16N8.Co.Li/c1-2-10-18-17(9-1)25-33-26(18)38-28-21-13-5-6-14-22(21)30(35-28)40-32-24-16-8-7-15-23(24)31(36-32)39-29-20-12-4-3-11-19(20)27(34-29)37-25;;/h1-16H;;/q-2;;+1. The van der Waals surface area contributed by atoms with E-state index in [1.807, 2.05) is 97.1 Å². The predicted molar refractivity (Wildman–Crippen MR) is 154 cm³/mol. The first kappa shape index (κ1) is 26.3. The molecule has 8 bridgehead atoms. The molecule has 3 aromatic heterocycles. The first-order valence-electron chi connectivity index (χ1n) is 12.9. The molecule has 0 aliphatic carbocycles. The molecule has 195 valence electrons. The number of nitrogens with zero attached hydrogens (tertiary/aromatic N) is 8. The number of fused-ring (bicyclic) bond motifs is 20. The van der Waals surface area contributed by atoms with Gasteiger partial charge in [0.25, 0.3) is 0 Å². The van der Waals surface area contributed by atoms with Crippen LogP contribution in [0.1, 0.15) is 0 Å². The fraction of sp³-hybridized carbons (Fsp3) is 0. The summed E-state index contributed by atoms with van der Waals surface area (Å²) < 4.78 is 0. The van der Waals surface area contributed by atoms with E-state index in [1.54, 1.807) is 0 Å². The monoisotopic (exact) mass is 578 g/mol. The molecule has 2 aliphatic heterocycles. The van der Waals surface area contributed by atoms with Crippen molar-refractivity contribution >= 4 is 44.1 Å². The van der Waals surface area contributed by atoms with Gasteiger partial charge in [-0.15, -0.1) is 0 Å². The summed E-state index contributed by atoms with van der Waals surface area (Å²) in [5, 5.41) is 3.57. The first-order chi connectivity index (χ1) is 19.8. The average Bonchev–Trinajstić information content (AvgIpc) is 3.73. The van der Waals surface area contributed by atoms with E-state index in [1.165, 1.54) is 0 Å².